The standard InChI is InChI=1S/C21H24N4O6S.ClH/c26-19(24-11-14-1-2-14)18-13-22-17(12-23-18)15-3-5-16(6-4-15)32(29,30)21(20(27)25-28)7-9-31-10-8-21;/h3-6,12-14,28H,1-2,7-11H2,(H,24,26)(H,25,27);1H. The Morgan fingerprint density at radius 1 is 1.09 bits per heavy atom. The molecule has 1 aromatic heterocycles. The van der Waals surface area contributed by atoms with E-state index >= 15 is 0 Å². The maximum absolute atomic E-state index is 13.3. The molecule has 2 aliphatic rings. The van der Waals surface area contributed by atoms with Gasteiger partial charge in [-0.1, -0.05) is 12.1 Å². The third kappa shape index (κ3) is 5.01. The molecule has 0 bridgehead atoms. The number of halogens is 1. The number of aromatic nitrogens is 2. The van der Waals surface area contributed by atoms with Crippen molar-refractivity contribution in [1.82, 2.24) is 20.8 Å². The summed E-state index contributed by atoms with van der Waals surface area (Å²) >= 11 is 0. The number of amides is 2. The molecule has 2 amide bonds. The highest BCUT2D eigenvalue weighted by Gasteiger charge is 2.52. The highest BCUT2D eigenvalue weighted by atomic mass is 35.5. The van der Waals surface area contributed by atoms with Gasteiger partial charge in [-0.25, -0.2) is 18.9 Å². The van der Waals surface area contributed by atoms with E-state index in [0.29, 0.717) is 23.7 Å². The molecule has 33 heavy (non-hydrogen) atoms. The van der Waals surface area contributed by atoms with Crippen LogP contribution in [0.3, 0.4) is 0 Å². The number of hydroxylamine groups is 1. The number of nitrogens with one attached hydrogen (secondary N) is 2. The Kier molecular flexibility index (Phi) is 7.68. The van der Waals surface area contributed by atoms with Gasteiger partial charge in [-0.05, 0) is 43.7 Å². The predicted molar refractivity (Wildman–Crippen MR) is 120 cm³/mol. The van der Waals surface area contributed by atoms with E-state index < -0.39 is 20.5 Å². The summed E-state index contributed by atoms with van der Waals surface area (Å²) in [7, 11) is -4.10. The molecule has 2 fully saturated rings. The van der Waals surface area contributed by atoms with Crippen molar-refractivity contribution >= 4 is 34.1 Å². The summed E-state index contributed by atoms with van der Waals surface area (Å²) in [5, 5.41) is 12.0. The Bertz CT molecular complexity index is 1100. The molecule has 0 unspecified atom stereocenters. The molecular weight excluding hydrogens is 472 g/mol. The summed E-state index contributed by atoms with van der Waals surface area (Å²) in [6, 6.07) is 5.91. The summed E-state index contributed by atoms with van der Waals surface area (Å²) < 4.78 is 30.0. The van der Waals surface area contributed by atoms with Gasteiger partial charge in [0.1, 0.15) is 5.69 Å². The molecule has 2 aromatic rings. The Morgan fingerprint density at radius 3 is 2.30 bits per heavy atom. The average molecular weight is 497 g/mol. The lowest BCUT2D eigenvalue weighted by Gasteiger charge is -2.34. The van der Waals surface area contributed by atoms with Gasteiger partial charge in [-0.15, -0.1) is 12.4 Å². The molecule has 12 heteroatoms. The van der Waals surface area contributed by atoms with E-state index in [-0.39, 0.29) is 55.0 Å². The molecule has 1 aliphatic heterocycles. The molecule has 4 rings (SSSR count). The first-order valence-corrected chi connectivity index (χ1v) is 11.8. The van der Waals surface area contributed by atoms with Crippen molar-refractivity contribution in [3.05, 3.63) is 42.4 Å². The van der Waals surface area contributed by atoms with E-state index in [4.69, 9.17) is 9.94 Å². The molecule has 10 nitrogen and oxygen atoms in total. The predicted octanol–water partition coefficient (Wildman–Crippen LogP) is 1.53. The monoisotopic (exact) mass is 496 g/mol. The minimum atomic E-state index is -4.10. The molecule has 1 aromatic carbocycles. The van der Waals surface area contributed by atoms with Gasteiger partial charge in [0.15, 0.2) is 14.6 Å². The van der Waals surface area contributed by atoms with E-state index in [1.54, 1.807) is 12.1 Å². The minimum absolute atomic E-state index is 0. The Morgan fingerprint density at radius 2 is 1.76 bits per heavy atom. The van der Waals surface area contributed by atoms with Crippen molar-refractivity contribution in [3.63, 3.8) is 0 Å². The van der Waals surface area contributed by atoms with Crippen LogP contribution in [0.2, 0.25) is 0 Å². The number of sulfone groups is 1. The van der Waals surface area contributed by atoms with Gasteiger partial charge < -0.3 is 10.1 Å². The number of ether oxygens (including phenoxy) is 1. The molecule has 0 atom stereocenters. The summed E-state index contributed by atoms with van der Waals surface area (Å²) in [4.78, 5) is 32.8. The topological polar surface area (TPSA) is 148 Å². The van der Waals surface area contributed by atoms with Crippen LogP contribution in [0.1, 0.15) is 36.2 Å². The van der Waals surface area contributed by atoms with E-state index in [1.165, 1.54) is 30.0 Å². The van der Waals surface area contributed by atoms with E-state index in [1.807, 2.05) is 0 Å². The lowest BCUT2D eigenvalue weighted by Crippen LogP contribution is -2.54. The maximum Gasteiger partial charge on any atom is 0.271 e. The van der Waals surface area contributed by atoms with Gasteiger partial charge >= 0.3 is 0 Å². The minimum Gasteiger partial charge on any atom is -0.381 e. The van der Waals surface area contributed by atoms with E-state index in [0.717, 1.165) is 12.8 Å². The number of benzene rings is 1. The number of carbonyl (C=O) groups excluding carboxylic acids is 2. The second-order valence-electron chi connectivity index (χ2n) is 8.02. The molecule has 2 heterocycles. The largest absolute Gasteiger partial charge is 0.381 e. The van der Waals surface area contributed by atoms with Crippen LogP contribution in [0.5, 0.6) is 0 Å². The molecular formula is C21H25ClN4O6S. The summed E-state index contributed by atoms with van der Waals surface area (Å²) in [5.41, 5.74) is 2.79. The van der Waals surface area contributed by atoms with Crippen molar-refractivity contribution in [3.8, 4) is 11.3 Å². The van der Waals surface area contributed by atoms with Crippen LogP contribution in [0.4, 0.5) is 0 Å². The second kappa shape index (κ2) is 10.1. The summed E-state index contributed by atoms with van der Waals surface area (Å²) in [6.07, 6.45) is 4.99. The fourth-order valence-electron chi connectivity index (χ4n) is 3.70. The van der Waals surface area contributed by atoms with Crippen molar-refractivity contribution in [2.45, 2.75) is 35.3 Å². The van der Waals surface area contributed by atoms with Gasteiger partial charge in [0.25, 0.3) is 11.8 Å². The first kappa shape index (κ1) is 25.0. The molecule has 1 saturated heterocycles. The molecule has 0 spiro atoms. The highest BCUT2D eigenvalue weighted by Crippen LogP contribution is 2.36. The van der Waals surface area contributed by atoms with Crippen molar-refractivity contribution in [2.75, 3.05) is 19.8 Å². The Hall–Kier alpha value is -2.60. The van der Waals surface area contributed by atoms with Gasteiger partial charge in [-0.2, -0.15) is 0 Å². The molecule has 1 aliphatic carbocycles. The first-order valence-electron chi connectivity index (χ1n) is 10.3. The molecule has 178 valence electrons. The van der Waals surface area contributed by atoms with Gasteiger partial charge in [0.2, 0.25) is 0 Å². The first-order chi connectivity index (χ1) is 15.4. The third-order valence-corrected chi connectivity index (χ3v) is 8.44. The zero-order valence-corrected chi connectivity index (χ0v) is 19.3. The van der Waals surface area contributed by atoms with Crippen LogP contribution in [-0.2, 0) is 19.4 Å². The van der Waals surface area contributed by atoms with E-state index in [9.17, 15) is 18.0 Å². The summed E-state index contributed by atoms with van der Waals surface area (Å²) in [6.45, 7) is 0.835. The van der Waals surface area contributed by atoms with Crippen molar-refractivity contribution in [1.29, 1.82) is 0 Å². The normalized spacial score (nSPS) is 17.5. The van der Waals surface area contributed by atoms with Crippen LogP contribution >= 0.6 is 12.4 Å². The number of hydrogen-bond donors (Lipinski definition) is 3. The Balaban J connectivity index is 0.00000306. The van der Waals surface area contributed by atoms with Gasteiger partial charge in [0, 0.05) is 25.3 Å². The quantitative estimate of drug-likeness (QED) is 0.386. The van der Waals surface area contributed by atoms with Crippen LogP contribution in [-0.4, -0.2) is 59.9 Å². The van der Waals surface area contributed by atoms with Gasteiger partial charge in [0.05, 0.1) is 23.0 Å². The zero-order chi connectivity index (χ0) is 22.8. The fraction of sp³-hybridized carbons (Fsp3) is 0.429. The zero-order valence-electron chi connectivity index (χ0n) is 17.7. The van der Waals surface area contributed by atoms with E-state index in [2.05, 4.69) is 15.3 Å². The van der Waals surface area contributed by atoms with Crippen LogP contribution in [0, 0.1) is 5.92 Å². The lowest BCUT2D eigenvalue weighted by atomic mass is 9.98. The van der Waals surface area contributed by atoms with Gasteiger partial charge in [-0.3, -0.25) is 19.8 Å². The number of rotatable bonds is 7. The number of carbonyl (C=O) groups is 2. The summed E-state index contributed by atoms with van der Waals surface area (Å²) in [5.74, 6) is -0.683. The number of hydrogen-bond acceptors (Lipinski definition) is 8. The lowest BCUT2D eigenvalue weighted by molar-refractivity contribution is -0.134. The Labute approximate surface area is 197 Å². The van der Waals surface area contributed by atoms with Crippen LogP contribution < -0.4 is 10.8 Å². The fourth-order valence-corrected chi connectivity index (χ4v) is 5.63. The third-order valence-electron chi connectivity index (χ3n) is 5.92. The molecule has 3 N–H and O–H groups in total. The highest BCUT2D eigenvalue weighted by molar-refractivity contribution is 7.93. The SMILES string of the molecule is Cl.O=C(NCC1CC1)c1cnc(-c2ccc(S(=O)(=O)C3(C(=O)NO)CCOCC3)cc2)cn1. The maximum atomic E-state index is 13.3. The molecule has 0 radical (unpaired) electrons. The number of nitrogens with zero attached hydrogens (tertiary/aromatic N) is 2. The average Bonchev–Trinajstić information content (AvgIpc) is 3.67. The van der Waals surface area contributed by atoms with Crippen LogP contribution in [0.15, 0.2) is 41.6 Å². The molecule has 1 saturated carbocycles. The van der Waals surface area contributed by atoms with Crippen LogP contribution in [0.25, 0.3) is 11.3 Å². The van der Waals surface area contributed by atoms with Crippen molar-refractivity contribution in [2.24, 2.45) is 5.92 Å². The second-order valence-corrected chi connectivity index (χ2v) is 10.3. The van der Waals surface area contributed by atoms with Crippen molar-refractivity contribution < 1.29 is 28.0 Å². The smallest absolute Gasteiger partial charge is 0.271 e.